The molecule has 0 spiro atoms. The van der Waals surface area contributed by atoms with Gasteiger partial charge in [-0.1, -0.05) is 30.3 Å². The molecule has 2 aromatic carbocycles. The molecule has 0 unspecified atom stereocenters. The van der Waals surface area contributed by atoms with Gasteiger partial charge in [-0.2, -0.15) is 13.4 Å². The molecule has 0 saturated carbocycles. The van der Waals surface area contributed by atoms with Crippen molar-refractivity contribution in [2.24, 2.45) is 0 Å². The highest BCUT2D eigenvalue weighted by Gasteiger charge is 2.40. The van der Waals surface area contributed by atoms with Crippen molar-refractivity contribution in [2.45, 2.75) is 20.0 Å². The number of hydrogen-bond acceptors (Lipinski definition) is 7. The second kappa shape index (κ2) is 7.48. The Hall–Kier alpha value is -3.67. The number of rotatable bonds is 5. The Kier molecular flexibility index (Phi) is 4.73. The molecule has 1 amide bonds. The van der Waals surface area contributed by atoms with Crippen molar-refractivity contribution in [3.8, 4) is 5.75 Å². The third-order valence-corrected chi connectivity index (χ3v) is 6.67. The predicted molar refractivity (Wildman–Crippen MR) is 113 cm³/mol. The highest BCUT2D eigenvalue weighted by atomic mass is 32.2. The molecule has 2 aliphatic rings. The summed E-state index contributed by atoms with van der Waals surface area (Å²) in [4.78, 5) is 17.8. The summed E-state index contributed by atoms with van der Waals surface area (Å²) in [5, 5.41) is 6.91. The average molecular weight is 458 g/mol. The molecule has 2 aliphatic heterocycles. The van der Waals surface area contributed by atoms with Gasteiger partial charge in [-0.05, 0) is 18.9 Å². The second-order valence-corrected chi connectivity index (χ2v) is 9.06. The number of ether oxygens (including phenoxy) is 1. The van der Waals surface area contributed by atoms with Crippen molar-refractivity contribution >= 4 is 33.4 Å². The van der Waals surface area contributed by atoms with Crippen molar-refractivity contribution < 1.29 is 22.3 Å². The van der Waals surface area contributed by atoms with Crippen molar-refractivity contribution in [3.63, 3.8) is 0 Å². The maximum absolute atomic E-state index is 15.8. The number of anilines is 3. The monoisotopic (exact) mass is 458 g/mol. The Morgan fingerprint density at radius 3 is 2.69 bits per heavy atom. The lowest BCUT2D eigenvalue weighted by atomic mass is 10.1. The summed E-state index contributed by atoms with van der Waals surface area (Å²) in [6.45, 7) is 1.73. The van der Waals surface area contributed by atoms with Crippen LogP contribution in [0.2, 0.25) is 0 Å². The summed E-state index contributed by atoms with van der Waals surface area (Å²) in [7, 11) is -4.23. The smallest absolute Gasteiger partial charge is 0.326 e. The number of benzene rings is 2. The molecule has 5 rings (SSSR count). The van der Waals surface area contributed by atoms with E-state index in [1.807, 2.05) is 35.1 Å². The Morgan fingerprint density at radius 2 is 2.03 bits per heavy atom. The number of amides is 1. The van der Waals surface area contributed by atoms with E-state index < -0.39 is 28.5 Å². The van der Waals surface area contributed by atoms with Crippen LogP contribution in [0.3, 0.4) is 0 Å². The van der Waals surface area contributed by atoms with Crippen LogP contribution in [0.5, 0.6) is 5.75 Å². The topological polar surface area (TPSA) is 121 Å². The first-order chi connectivity index (χ1) is 15.3. The average Bonchev–Trinajstić information content (AvgIpc) is 3.44. The molecule has 3 heterocycles. The zero-order chi connectivity index (χ0) is 22.5. The van der Waals surface area contributed by atoms with Crippen LogP contribution in [0, 0.1) is 12.7 Å². The number of aryl methyl sites for hydroxylation is 1. The minimum Gasteiger partial charge on any atom is -0.487 e. The number of nitrogens with one attached hydrogen (secondary N) is 2. The first-order valence-corrected chi connectivity index (χ1v) is 11.3. The van der Waals surface area contributed by atoms with Gasteiger partial charge >= 0.3 is 10.2 Å². The molecule has 3 aromatic rings. The normalized spacial score (nSPS) is 16.9. The maximum atomic E-state index is 15.8. The van der Waals surface area contributed by atoms with Gasteiger partial charge in [0, 0.05) is 18.2 Å². The van der Waals surface area contributed by atoms with E-state index in [1.165, 1.54) is 0 Å². The number of carbonyl (C=O) groups is 1. The van der Waals surface area contributed by atoms with Crippen LogP contribution >= 0.6 is 0 Å². The highest BCUT2D eigenvalue weighted by molar-refractivity contribution is 7.92. The second-order valence-electron chi connectivity index (χ2n) is 7.47. The van der Waals surface area contributed by atoms with E-state index in [0.717, 1.165) is 5.56 Å². The summed E-state index contributed by atoms with van der Waals surface area (Å²) < 4.78 is 49.2. The minimum atomic E-state index is -4.23. The van der Waals surface area contributed by atoms with Crippen LogP contribution in [-0.2, 0) is 28.0 Å². The number of aromatic nitrogens is 3. The Labute approximate surface area is 183 Å². The zero-order valence-electron chi connectivity index (χ0n) is 17.0. The third-order valence-electron chi connectivity index (χ3n) is 5.29. The molecule has 0 radical (unpaired) electrons. The van der Waals surface area contributed by atoms with Gasteiger partial charge in [0.2, 0.25) is 5.95 Å². The molecule has 1 aromatic heterocycles. The third kappa shape index (κ3) is 3.42. The van der Waals surface area contributed by atoms with E-state index in [9.17, 15) is 13.2 Å². The first kappa shape index (κ1) is 20.2. The van der Waals surface area contributed by atoms with Crippen molar-refractivity contribution in [1.82, 2.24) is 19.9 Å². The lowest BCUT2D eigenvalue weighted by Crippen LogP contribution is -2.31. The molecular weight excluding hydrogens is 439 g/mol. The standard InChI is InChI=1S/C20H19FN6O4S/c1-12-22-20(24-23-12)26-8-7-14-15(26)9-16(31-11-13-5-3-2-4-6-13)19(18(14)21)27-10-17(28)25-32(27,29)30/h2-6,9H,7-8,10-11H2,1H3,(H,25,28)(H,22,23,24). The first-order valence-electron chi connectivity index (χ1n) is 9.85. The molecule has 166 valence electrons. The van der Waals surface area contributed by atoms with Crippen LogP contribution < -0.4 is 18.7 Å². The molecule has 2 N–H and O–H groups in total. The summed E-state index contributed by atoms with van der Waals surface area (Å²) in [6.07, 6.45) is 0.315. The van der Waals surface area contributed by atoms with Crippen molar-refractivity contribution in [2.75, 3.05) is 22.3 Å². The summed E-state index contributed by atoms with van der Waals surface area (Å²) in [5.41, 5.74) is 1.33. The fourth-order valence-electron chi connectivity index (χ4n) is 3.85. The number of carbonyl (C=O) groups excluding carboxylic acids is 1. The molecule has 32 heavy (non-hydrogen) atoms. The Bertz CT molecular complexity index is 1310. The van der Waals surface area contributed by atoms with Gasteiger partial charge in [-0.15, -0.1) is 5.10 Å². The molecule has 0 bridgehead atoms. The van der Waals surface area contributed by atoms with Crippen molar-refractivity contribution in [3.05, 3.63) is 59.2 Å². The van der Waals surface area contributed by atoms with E-state index in [1.54, 1.807) is 17.9 Å². The number of halogens is 1. The van der Waals surface area contributed by atoms with Gasteiger partial charge in [-0.3, -0.25) is 9.89 Å². The Balaban J connectivity index is 1.61. The van der Waals surface area contributed by atoms with Gasteiger partial charge < -0.3 is 9.64 Å². The van der Waals surface area contributed by atoms with E-state index in [2.05, 4.69) is 15.2 Å². The molecule has 12 heteroatoms. The number of H-pyrrole nitrogens is 1. The molecular formula is C20H19FN6O4S. The number of nitrogens with zero attached hydrogens (tertiary/aromatic N) is 4. The highest BCUT2D eigenvalue weighted by Crippen LogP contribution is 2.45. The van der Waals surface area contributed by atoms with E-state index in [0.29, 0.717) is 40.3 Å². The lowest BCUT2D eigenvalue weighted by molar-refractivity contribution is -0.117. The van der Waals surface area contributed by atoms with E-state index in [4.69, 9.17) is 4.74 Å². The van der Waals surface area contributed by atoms with Crippen LogP contribution in [0.25, 0.3) is 0 Å². The van der Waals surface area contributed by atoms with Crippen LogP contribution in [0.1, 0.15) is 17.0 Å². The van der Waals surface area contributed by atoms with Gasteiger partial charge in [0.25, 0.3) is 5.91 Å². The molecule has 0 atom stereocenters. The molecule has 1 fully saturated rings. The maximum Gasteiger partial charge on any atom is 0.326 e. The predicted octanol–water partition coefficient (Wildman–Crippen LogP) is 1.71. The molecule has 0 aliphatic carbocycles. The van der Waals surface area contributed by atoms with Crippen molar-refractivity contribution in [1.29, 1.82) is 0 Å². The zero-order valence-corrected chi connectivity index (χ0v) is 17.8. The quantitative estimate of drug-likeness (QED) is 0.597. The van der Waals surface area contributed by atoms with E-state index in [-0.39, 0.29) is 18.0 Å². The SMILES string of the molecule is Cc1nc(N2CCc3c2cc(OCc2ccccc2)c(N2CC(=O)NS2(=O)=O)c3F)n[nH]1. The number of aromatic amines is 1. The number of fused-ring (bicyclic) bond motifs is 1. The fourth-order valence-corrected chi connectivity index (χ4v) is 5.01. The van der Waals surface area contributed by atoms with Crippen LogP contribution in [0.4, 0.5) is 21.7 Å². The lowest BCUT2D eigenvalue weighted by Gasteiger charge is -2.23. The van der Waals surface area contributed by atoms with Crippen LogP contribution in [-0.4, -0.2) is 42.6 Å². The minimum absolute atomic E-state index is 0.00401. The van der Waals surface area contributed by atoms with Gasteiger partial charge in [0.15, 0.2) is 5.82 Å². The van der Waals surface area contributed by atoms with E-state index >= 15 is 4.39 Å². The van der Waals surface area contributed by atoms with Crippen LogP contribution in [0.15, 0.2) is 36.4 Å². The molecule has 10 nitrogen and oxygen atoms in total. The summed E-state index contributed by atoms with van der Waals surface area (Å²) >= 11 is 0. The molecule has 1 saturated heterocycles. The van der Waals surface area contributed by atoms with Gasteiger partial charge in [-0.25, -0.2) is 13.4 Å². The fraction of sp³-hybridized carbons (Fsp3) is 0.250. The summed E-state index contributed by atoms with van der Waals surface area (Å²) in [5.74, 6) is -0.492. The number of hydrogen-bond donors (Lipinski definition) is 2. The largest absolute Gasteiger partial charge is 0.487 e. The van der Waals surface area contributed by atoms with Gasteiger partial charge in [0.1, 0.15) is 30.4 Å². The van der Waals surface area contributed by atoms with Gasteiger partial charge in [0.05, 0.1) is 5.69 Å². The Morgan fingerprint density at radius 1 is 1.25 bits per heavy atom. The summed E-state index contributed by atoms with van der Waals surface area (Å²) in [6, 6.07) is 10.8.